The number of benzene rings is 2. The Kier molecular flexibility index (Phi) is 10.1. The summed E-state index contributed by atoms with van der Waals surface area (Å²) in [6, 6.07) is 13.9. The van der Waals surface area contributed by atoms with Crippen LogP contribution in [0.4, 0.5) is 5.69 Å². The molecule has 2 amide bonds. The van der Waals surface area contributed by atoms with Crippen LogP contribution in [0.3, 0.4) is 0 Å². The van der Waals surface area contributed by atoms with Gasteiger partial charge in [0.2, 0.25) is 21.8 Å². The molecule has 0 aromatic heterocycles. The molecule has 0 heterocycles. The van der Waals surface area contributed by atoms with Gasteiger partial charge in [-0.3, -0.25) is 13.9 Å². The number of carbonyl (C=O) groups excluding carboxylic acids is 2. The zero-order valence-corrected chi connectivity index (χ0v) is 22.3. The zero-order chi connectivity index (χ0) is 26.2. The number of anilines is 1. The van der Waals surface area contributed by atoms with Gasteiger partial charge in [0.15, 0.2) is 0 Å². The number of methoxy groups -OCH3 is 1. The Morgan fingerprint density at radius 1 is 1.03 bits per heavy atom. The Morgan fingerprint density at radius 2 is 1.66 bits per heavy atom. The Bertz CT molecular complexity index is 1120. The Hall–Kier alpha value is -3.07. The molecule has 0 unspecified atom stereocenters. The molecule has 0 aliphatic heterocycles. The molecule has 1 N–H and O–H groups in total. The summed E-state index contributed by atoms with van der Waals surface area (Å²) in [6.07, 6.45) is 1.50. The monoisotopic (exact) mass is 503 g/mol. The topological polar surface area (TPSA) is 96.0 Å². The van der Waals surface area contributed by atoms with Gasteiger partial charge in [0.1, 0.15) is 11.8 Å². The van der Waals surface area contributed by atoms with Crippen molar-refractivity contribution in [3.05, 3.63) is 59.7 Å². The summed E-state index contributed by atoms with van der Waals surface area (Å²) in [4.78, 5) is 27.6. The lowest BCUT2D eigenvalue weighted by Gasteiger charge is -2.30. The molecular formula is C26H37N3O5S. The zero-order valence-electron chi connectivity index (χ0n) is 21.4. The quantitative estimate of drug-likeness (QED) is 0.478. The second kappa shape index (κ2) is 12.6. The fourth-order valence-corrected chi connectivity index (χ4v) is 4.75. The van der Waals surface area contributed by atoms with Crippen molar-refractivity contribution >= 4 is 27.5 Å². The van der Waals surface area contributed by atoms with Gasteiger partial charge in [-0.05, 0) is 57.4 Å². The summed E-state index contributed by atoms with van der Waals surface area (Å²) in [5, 5.41) is 2.87. The average Bonchev–Trinajstić information content (AvgIpc) is 2.79. The lowest BCUT2D eigenvalue weighted by Crippen LogP contribution is -2.49. The highest BCUT2D eigenvalue weighted by atomic mass is 32.2. The molecule has 35 heavy (non-hydrogen) atoms. The standard InChI is InChI=1S/C26H37N3O5S/c1-19(2)27-26(31)21(4)28(18-22-13-8-7-12-20(22)3)25(30)16-11-17-29(35(6,32)33)23-14-9-10-15-24(23)34-5/h7-10,12-15,19,21H,11,16-18H2,1-6H3,(H,27,31)/t21-/m0/s1. The van der Waals surface area contributed by atoms with Crippen LogP contribution < -0.4 is 14.4 Å². The van der Waals surface area contributed by atoms with E-state index in [2.05, 4.69) is 5.32 Å². The van der Waals surface area contributed by atoms with Crippen LogP contribution >= 0.6 is 0 Å². The van der Waals surface area contributed by atoms with E-state index < -0.39 is 16.1 Å². The molecule has 1 atom stereocenters. The number of hydrogen-bond acceptors (Lipinski definition) is 5. The number of aryl methyl sites for hydroxylation is 1. The van der Waals surface area contributed by atoms with E-state index in [1.165, 1.54) is 11.4 Å². The largest absolute Gasteiger partial charge is 0.495 e. The summed E-state index contributed by atoms with van der Waals surface area (Å²) in [7, 11) is -2.12. The molecule has 0 saturated heterocycles. The SMILES string of the molecule is COc1ccccc1N(CCCC(=O)N(Cc1ccccc1C)[C@@H](C)C(=O)NC(C)C)S(C)(=O)=O. The maximum Gasteiger partial charge on any atom is 0.242 e. The van der Waals surface area contributed by atoms with Crippen LogP contribution in [-0.4, -0.2) is 57.1 Å². The highest BCUT2D eigenvalue weighted by molar-refractivity contribution is 7.92. The first kappa shape index (κ1) is 28.2. The van der Waals surface area contributed by atoms with Crippen LogP contribution in [0.25, 0.3) is 0 Å². The number of hydrogen-bond donors (Lipinski definition) is 1. The molecule has 0 fully saturated rings. The molecule has 0 aliphatic carbocycles. The van der Waals surface area contributed by atoms with E-state index in [-0.39, 0.29) is 37.2 Å². The van der Waals surface area contributed by atoms with Crippen molar-refractivity contribution in [2.75, 3.05) is 24.2 Å². The minimum atomic E-state index is -3.60. The molecule has 0 radical (unpaired) electrons. The van der Waals surface area contributed by atoms with Gasteiger partial charge in [0, 0.05) is 25.6 Å². The van der Waals surface area contributed by atoms with Crippen LogP contribution in [-0.2, 0) is 26.2 Å². The first-order valence-corrected chi connectivity index (χ1v) is 13.6. The van der Waals surface area contributed by atoms with Gasteiger partial charge in [-0.1, -0.05) is 36.4 Å². The van der Waals surface area contributed by atoms with Crippen molar-refractivity contribution in [1.82, 2.24) is 10.2 Å². The Morgan fingerprint density at radius 3 is 2.26 bits per heavy atom. The van der Waals surface area contributed by atoms with E-state index in [9.17, 15) is 18.0 Å². The molecule has 2 aromatic rings. The van der Waals surface area contributed by atoms with Crippen LogP contribution in [0.1, 0.15) is 44.7 Å². The van der Waals surface area contributed by atoms with Crippen molar-refractivity contribution in [1.29, 1.82) is 0 Å². The Labute approximate surface area is 209 Å². The first-order valence-electron chi connectivity index (χ1n) is 11.7. The number of nitrogens with zero attached hydrogens (tertiary/aromatic N) is 2. The van der Waals surface area contributed by atoms with E-state index in [1.807, 2.05) is 45.0 Å². The summed E-state index contributed by atoms with van der Waals surface area (Å²) in [5.41, 5.74) is 2.41. The molecule has 0 bridgehead atoms. The second-order valence-corrected chi connectivity index (χ2v) is 10.8. The van der Waals surface area contributed by atoms with Gasteiger partial charge in [-0.2, -0.15) is 0 Å². The Balaban J connectivity index is 2.21. The lowest BCUT2D eigenvalue weighted by molar-refractivity contribution is -0.140. The van der Waals surface area contributed by atoms with Crippen molar-refractivity contribution in [3.63, 3.8) is 0 Å². The smallest absolute Gasteiger partial charge is 0.242 e. The number of amides is 2. The minimum absolute atomic E-state index is 0.0514. The summed E-state index contributed by atoms with van der Waals surface area (Å²) in [5.74, 6) is -0.00809. The van der Waals surface area contributed by atoms with E-state index in [0.717, 1.165) is 17.4 Å². The number of ether oxygens (including phenoxy) is 1. The van der Waals surface area contributed by atoms with Crippen LogP contribution in [0.15, 0.2) is 48.5 Å². The molecule has 2 aromatic carbocycles. The van der Waals surface area contributed by atoms with Gasteiger partial charge < -0.3 is 15.0 Å². The van der Waals surface area contributed by atoms with Crippen LogP contribution in [0, 0.1) is 6.92 Å². The highest BCUT2D eigenvalue weighted by Crippen LogP contribution is 2.29. The van der Waals surface area contributed by atoms with Gasteiger partial charge in [0.25, 0.3) is 0 Å². The molecule has 9 heteroatoms. The maximum absolute atomic E-state index is 13.3. The third-order valence-corrected chi connectivity index (χ3v) is 6.89. The summed E-state index contributed by atoms with van der Waals surface area (Å²) in [6.45, 7) is 7.82. The molecule has 8 nitrogen and oxygen atoms in total. The third-order valence-electron chi connectivity index (χ3n) is 5.71. The maximum atomic E-state index is 13.3. The van der Waals surface area contributed by atoms with Crippen molar-refractivity contribution < 1.29 is 22.7 Å². The molecule has 192 valence electrons. The van der Waals surface area contributed by atoms with E-state index in [1.54, 1.807) is 36.1 Å². The lowest BCUT2D eigenvalue weighted by atomic mass is 10.1. The van der Waals surface area contributed by atoms with E-state index >= 15 is 0 Å². The normalized spacial score (nSPS) is 12.2. The molecule has 0 spiro atoms. The average molecular weight is 504 g/mol. The predicted octanol–water partition coefficient (Wildman–Crippen LogP) is 3.49. The van der Waals surface area contributed by atoms with Gasteiger partial charge in [-0.25, -0.2) is 8.42 Å². The van der Waals surface area contributed by atoms with Crippen molar-refractivity contribution in [2.45, 2.75) is 59.2 Å². The van der Waals surface area contributed by atoms with Crippen LogP contribution in [0.2, 0.25) is 0 Å². The van der Waals surface area contributed by atoms with Crippen molar-refractivity contribution in [3.8, 4) is 5.75 Å². The number of carbonyl (C=O) groups is 2. The molecular weight excluding hydrogens is 466 g/mol. The van der Waals surface area contributed by atoms with Crippen LogP contribution in [0.5, 0.6) is 5.75 Å². The second-order valence-electron chi connectivity index (χ2n) is 8.90. The summed E-state index contributed by atoms with van der Waals surface area (Å²) < 4.78 is 31.6. The fourth-order valence-electron chi connectivity index (χ4n) is 3.78. The summed E-state index contributed by atoms with van der Waals surface area (Å²) >= 11 is 0. The molecule has 0 aliphatic rings. The molecule has 0 saturated carbocycles. The fraction of sp³-hybridized carbons (Fsp3) is 0.462. The van der Waals surface area contributed by atoms with E-state index in [0.29, 0.717) is 18.0 Å². The number of nitrogens with one attached hydrogen (secondary N) is 1. The number of para-hydroxylation sites is 2. The molecule has 2 rings (SSSR count). The minimum Gasteiger partial charge on any atom is -0.495 e. The van der Waals surface area contributed by atoms with Gasteiger partial charge in [0.05, 0.1) is 19.1 Å². The first-order chi connectivity index (χ1) is 16.5. The van der Waals surface area contributed by atoms with E-state index in [4.69, 9.17) is 4.74 Å². The highest BCUT2D eigenvalue weighted by Gasteiger charge is 2.27. The predicted molar refractivity (Wildman–Crippen MR) is 139 cm³/mol. The third kappa shape index (κ3) is 7.99. The van der Waals surface area contributed by atoms with Gasteiger partial charge >= 0.3 is 0 Å². The number of rotatable bonds is 12. The van der Waals surface area contributed by atoms with Gasteiger partial charge in [-0.15, -0.1) is 0 Å². The number of sulfonamides is 1. The van der Waals surface area contributed by atoms with Crippen molar-refractivity contribution in [2.24, 2.45) is 0 Å².